The summed E-state index contributed by atoms with van der Waals surface area (Å²) in [5, 5.41) is 0. The maximum absolute atomic E-state index is 13.9. The summed E-state index contributed by atoms with van der Waals surface area (Å²) >= 11 is 0. The highest BCUT2D eigenvalue weighted by Crippen LogP contribution is 2.22. The Morgan fingerprint density at radius 3 is 2.86 bits per heavy atom. The fraction of sp³-hybridized carbons (Fsp3) is 0.571. The van der Waals surface area contributed by atoms with Crippen LogP contribution in [0.4, 0.5) is 10.1 Å². The first kappa shape index (κ1) is 16.2. The second kappa shape index (κ2) is 6.29. The molecule has 0 spiro atoms. The summed E-state index contributed by atoms with van der Waals surface area (Å²) in [5.41, 5.74) is 6.50. The Hall–Kier alpha value is -1.18. The van der Waals surface area contributed by atoms with Gasteiger partial charge in [-0.25, -0.2) is 17.5 Å². The van der Waals surface area contributed by atoms with E-state index in [1.54, 1.807) is 6.92 Å². The highest BCUT2D eigenvalue weighted by Gasteiger charge is 2.27. The van der Waals surface area contributed by atoms with Crippen molar-refractivity contribution in [3.63, 3.8) is 0 Å². The minimum absolute atomic E-state index is 0.189. The van der Waals surface area contributed by atoms with E-state index in [1.807, 2.05) is 6.92 Å². The SMILES string of the molecule is CCN1CCCC(NS(=O)(=O)c2cc(N)c(C)cc2F)C1. The number of nitrogen functional groups attached to an aromatic ring is 1. The first-order valence-electron chi connectivity index (χ1n) is 7.13. The molecule has 1 heterocycles. The maximum Gasteiger partial charge on any atom is 0.243 e. The molecular weight excluding hydrogens is 293 g/mol. The largest absolute Gasteiger partial charge is 0.398 e. The second-order valence-electron chi connectivity index (χ2n) is 5.49. The normalized spacial score (nSPS) is 20.6. The Morgan fingerprint density at radius 2 is 2.19 bits per heavy atom. The quantitative estimate of drug-likeness (QED) is 0.825. The molecule has 7 heteroatoms. The Balaban J connectivity index is 2.20. The minimum Gasteiger partial charge on any atom is -0.398 e. The van der Waals surface area contributed by atoms with Crippen molar-refractivity contribution in [3.8, 4) is 0 Å². The molecule has 0 bridgehead atoms. The minimum atomic E-state index is -3.89. The molecular formula is C14H22FN3O2S. The fourth-order valence-electron chi connectivity index (χ4n) is 2.60. The highest BCUT2D eigenvalue weighted by molar-refractivity contribution is 7.89. The number of piperidine rings is 1. The van der Waals surface area contributed by atoms with E-state index in [2.05, 4.69) is 9.62 Å². The number of hydrogen-bond donors (Lipinski definition) is 2. The molecule has 0 saturated carbocycles. The Bertz CT molecular complexity index is 619. The van der Waals surface area contributed by atoms with Crippen LogP contribution < -0.4 is 10.5 Å². The van der Waals surface area contributed by atoms with Crippen molar-refractivity contribution in [3.05, 3.63) is 23.5 Å². The van der Waals surface area contributed by atoms with E-state index < -0.39 is 15.8 Å². The molecule has 21 heavy (non-hydrogen) atoms. The Morgan fingerprint density at radius 1 is 1.48 bits per heavy atom. The van der Waals surface area contributed by atoms with Crippen LogP contribution >= 0.6 is 0 Å². The van der Waals surface area contributed by atoms with Gasteiger partial charge >= 0.3 is 0 Å². The average molecular weight is 315 g/mol. The van der Waals surface area contributed by atoms with E-state index in [0.717, 1.165) is 32.0 Å². The second-order valence-corrected chi connectivity index (χ2v) is 7.18. The molecule has 1 fully saturated rings. The summed E-state index contributed by atoms with van der Waals surface area (Å²) in [6.45, 7) is 6.18. The Labute approximate surface area is 125 Å². The summed E-state index contributed by atoms with van der Waals surface area (Å²) in [7, 11) is -3.89. The van der Waals surface area contributed by atoms with Crippen LogP contribution in [-0.2, 0) is 10.0 Å². The van der Waals surface area contributed by atoms with Gasteiger partial charge in [0.2, 0.25) is 10.0 Å². The zero-order valence-corrected chi connectivity index (χ0v) is 13.2. The summed E-state index contributed by atoms with van der Waals surface area (Å²) in [4.78, 5) is 1.80. The van der Waals surface area contributed by atoms with Crippen LogP contribution in [0.1, 0.15) is 25.3 Å². The van der Waals surface area contributed by atoms with Crippen molar-refractivity contribution in [1.82, 2.24) is 9.62 Å². The number of nitrogens with zero attached hydrogens (tertiary/aromatic N) is 1. The fourth-order valence-corrected chi connectivity index (χ4v) is 3.95. The van der Waals surface area contributed by atoms with Gasteiger partial charge in [-0.15, -0.1) is 0 Å². The smallest absolute Gasteiger partial charge is 0.243 e. The van der Waals surface area contributed by atoms with Crippen molar-refractivity contribution < 1.29 is 12.8 Å². The standard InChI is InChI=1S/C14H22FN3O2S/c1-3-18-6-4-5-11(9-18)17-21(19,20)14-8-13(16)10(2)7-12(14)15/h7-8,11,17H,3-6,9,16H2,1-2H3. The van der Waals surface area contributed by atoms with Gasteiger partial charge in [-0.3, -0.25) is 0 Å². The van der Waals surface area contributed by atoms with Crippen molar-refractivity contribution in [1.29, 1.82) is 0 Å². The van der Waals surface area contributed by atoms with Gasteiger partial charge in [0.25, 0.3) is 0 Å². The van der Waals surface area contributed by atoms with Gasteiger partial charge in [-0.2, -0.15) is 0 Å². The molecule has 2 rings (SSSR count). The summed E-state index contributed by atoms with van der Waals surface area (Å²) in [5.74, 6) is -0.766. The third-order valence-electron chi connectivity index (χ3n) is 3.88. The van der Waals surface area contributed by atoms with Crippen molar-refractivity contribution in [2.45, 2.75) is 37.6 Å². The van der Waals surface area contributed by atoms with Gasteiger partial charge < -0.3 is 10.6 Å². The molecule has 1 aliphatic rings. The van der Waals surface area contributed by atoms with Gasteiger partial charge in [-0.05, 0) is 50.6 Å². The number of benzene rings is 1. The van der Waals surface area contributed by atoms with Crippen LogP contribution in [0.15, 0.2) is 17.0 Å². The predicted molar refractivity (Wildman–Crippen MR) is 81.0 cm³/mol. The van der Waals surface area contributed by atoms with Crippen LogP contribution in [0.5, 0.6) is 0 Å². The molecule has 118 valence electrons. The van der Waals surface area contributed by atoms with Gasteiger partial charge in [0.1, 0.15) is 10.7 Å². The van der Waals surface area contributed by atoms with Crippen LogP contribution in [-0.4, -0.2) is 39.0 Å². The molecule has 5 nitrogen and oxygen atoms in total. The lowest BCUT2D eigenvalue weighted by atomic mass is 10.1. The van der Waals surface area contributed by atoms with Gasteiger partial charge in [-0.1, -0.05) is 6.92 Å². The number of nitrogens with two attached hydrogens (primary N) is 1. The van der Waals surface area contributed by atoms with Crippen molar-refractivity contribution in [2.24, 2.45) is 0 Å². The molecule has 1 unspecified atom stereocenters. The molecule has 1 aromatic carbocycles. The zero-order valence-electron chi connectivity index (χ0n) is 12.4. The van der Waals surface area contributed by atoms with Crippen LogP contribution in [0.25, 0.3) is 0 Å². The van der Waals surface area contributed by atoms with Gasteiger partial charge in [0.05, 0.1) is 0 Å². The van der Waals surface area contributed by atoms with Crippen LogP contribution in [0.3, 0.4) is 0 Å². The highest BCUT2D eigenvalue weighted by atomic mass is 32.2. The molecule has 1 atom stereocenters. The van der Waals surface area contributed by atoms with Crippen LogP contribution in [0.2, 0.25) is 0 Å². The summed E-state index contributed by atoms with van der Waals surface area (Å²) in [6.07, 6.45) is 1.69. The molecule has 0 aromatic heterocycles. The number of anilines is 1. The predicted octanol–water partition coefficient (Wildman–Crippen LogP) is 1.48. The molecule has 1 aromatic rings. The summed E-state index contributed by atoms with van der Waals surface area (Å²) < 4.78 is 41.2. The van der Waals surface area contributed by atoms with Crippen molar-refractivity contribution in [2.75, 3.05) is 25.4 Å². The van der Waals surface area contributed by atoms with E-state index in [-0.39, 0.29) is 16.6 Å². The lowest BCUT2D eigenvalue weighted by Crippen LogP contribution is -2.47. The molecule has 0 radical (unpaired) electrons. The molecule has 0 amide bonds. The number of likely N-dealkylation sites (tertiary alicyclic amines) is 1. The van der Waals surface area contributed by atoms with Gasteiger partial charge in [0.15, 0.2) is 0 Å². The van der Waals surface area contributed by atoms with E-state index in [4.69, 9.17) is 5.73 Å². The molecule has 1 aliphatic heterocycles. The van der Waals surface area contributed by atoms with E-state index in [9.17, 15) is 12.8 Å². The number of halogens is 1. The maximum atomic E-state index is 13.9. The van der Waals surface area contributed by atoms with E-state index in [1.165, 1.54) is 6.07 Å². The molecule has 3 N–H and O–H groups in total. The first-order chi connectivity index (χ1) is 9.83. The number of hydrogen-bond acceptors (Lipinski definition) is 4. The molecule has 0 aliphatic carbocycles. The first-order valence-corrected chi connectivity index (χ1v) is 8.62. The number of sulfonamides is 1. The number of rotatable bonds is 4. The van der Waals surface area contributed by atoms with Crippen LogP contribution in [0, 0.1) is 12.7 Å². The Kier molecular flexibility index (Phi) is 4.85. The monoisotopic (exact) mass is 315 g/mol. The van der Waals surface area contributed by atoms with Gasteiger partial charge in [0, 0.05) is 18.3 Å². The van der Waals surface area contributed by atoms with E-state index in [0.29, 0.717) is 12.1 Å². The lowest BCUT2D eigenvalue weighted by Gasteiger charge is -2.32. The lowest BCUT2D eigenvalue weighted by molar-refractivity contribution is 0.211. The number of nitrogens with one attached hydrogen (secondary N) is 1. The number of aryl methyl sites for hydroxylation is 1. The number of likely N-dealkylation sites (N-methyl/N-ethyl adjacent to an activating group) is 1. The average Bonchev–Trinajstić information content (AvgIpc) is 2.42. The molecule has 1 saturated heterocycles. The van der Waals surface area contributed by atoms with E-state index >= 15 is 0 Å². The third kappa shape index (κ3) is 3.72. The topological polar surface area (TPSA) is 75.4 Å². The van der Waals surface area contributed by atoms with Crippen molar-refractivity contribution >= 4 is 15.7 Å². The third-order valence-corrected chi connectivity index (χ3v) is 5.42. The zero-order chi connectivity index (χ0) is 15.6. The summed E-state index contributed by atoms with van der Waals surface area (Å²) in [6, 6.07) is 2.15.